The van der Waals surface area contributed by atoms with Gasteiger partial charge >= 0.3 is 5.97 Å². The van der Waals surface area contributed by atoms with Crippen molar-refractivity contribution in [3.05, 3.63) is 65.2 Å². The number of likely N-dealkylation sites (tertiary alicyclic amines) is 1. The third kappa shape index (κ3) is 8.58. The van der Waals surface area contributed by atoms with Crippen LogP contribution in [0.25, 0.3) is 0 Å². The minimum Gasteiger partial charge on any atom is -0.481 e. The Bertz CT molecular complexity index is 1060. The first kappa shape index (κ1) is 29.2. The Hall–Kier alpha value is -2.82. The van der Waals surface area contributed by atoms with E-state index < -0.39 is 12.3 Å². The normalized spacial score (nSPS) is 23.5. The van der Waals surface area contributed by atoms with Crippen LogP contribution in [-0.2, 0) is 30.4 Å². The largest absolute Gasteiger partial charge is 0.481 e. The highest BCUT2D eigenvalue weighted by Gasteiger charge is 2.35. The van der Waals surface area contributed by atoms with Crippen molar-refractivity contribution in [2.24, 2.45) is 0 Å². The van der Waals surface area contributed by atoms with Crippen LogP contribution in [0.4, 0.5) is 5.69 Å². The summed E-state index contributed by atoms with van der Waals surface area (Å²) in [7, 11) is 1.75. The Balaban J connectivity index is 1.42. The van der Waals surface area contributed by atoms with E-state index >= 15 is 0 Å². The maximum absolute atomic E-state index is 12.2. The number of carbonyl (C=O) groups excluding carboxylic acids is 1. The number of anilines is 1. The lowest BCUT2D eigenvalue weighted by molar-refractivity contribution is -0.253. The average molecular weight is 541 g/mol. The molecule has 9 heteroatoms. The lowest BCUT2D eigenvalue weighted by atomic mass is 9.99. The summed E-state index contributed by atoms with van der Waals surface area (Å²) >= 11 is 0. The van der Waals surface area contributed by atoms with Gasteiger partial charge in [-0.3, -0.25) is 14.5 Å². The summed E-state index contributed by atoms with van der Waals surface area (Å²) in [4.78, 5) is 25.3. The number of carboxylic acids is 1. The third-order valence-corrected chi connectivity index (χ3v) is 7.42. The third-order valence-electron chi connectivity index (χ3n) is 7.42. The van der Waals surface area contributed by atoms with Crippen molar-refractivity contribution in [2.45, 2.75) is 76.1 Å². The Morgan fingerprint density at radius 2 is 1.74 bits per heavy atom. The number of aliphatic hydroxyl groups excluding tert-OH is 1. The van der Waals surface area contributed by atoms with Gasteiger partial charge in [-0.25, -0.2) is 0 Å². The molecule has 0 bridgehead atoms. The molecule has 0 aromatic heterocycles. The second-order valence-electron chi connectivity index (χ2n) is 10.4. The number of benzene rings is 2. The van der Waals surface area contributed by atoms with Gasteiger partial charge in [0.05, 0.1) is 25.4 Å². The van der Waals surface area contributed by atoms with E-state index in [1.807, 2.05) is 48.5 Å². The van der Waals surface area contributed by atoms with E-state index in [4.69, 9.17) is 19.3 Å². The van der Waals surface area contributed by atoms with E-state index in [-0.39, 0.29) is 37.6 Å². The number of nitrogens with zero attached hydrogens (tertiary/aromatic N) is 1. The van der Waals surface area contributed by atoms with Gasteiger partial charge in [-0.15, -0.1) is 0 Å². The fourth-order valence-corrected chi connectivity index (χ4v) is 5.32. The van der Waals surface area contributed by atoms with Crippen LogP contribution >= 0.6 is 0 Å². The number of carbonyl (C=O) groups is 2. The number of carboxylic acid groups (broad SMARTS) is 1. The summed E-state index contributed by atoms with van der Waals surface area (Å²) in [5.41, 5.74) is 3.45. The highest BCUT2D eigenvalue weighted by atomic mass is 16.7. The molecule has 0 unspecified atom stereocenters. The number of aliphatic carboxylic acids is 1. The van der Waals surface area contributed by atoms with Crippen LogP contribution < -0.4 is 5.32 Å². The topological polar surface area (TPSA) is 118 Å². The van der Waals surface area contributed by atoms with Gasteiger partial charge in [-0.2, -0.15) is 0 Å². The van der Waals surface area contributed by atoms with E-state index in [0.717, 1.165) is 49.0 Å². The molecule has 2 saturated heterocycles. The van der Waals surface area contributed by atoms with Gasteiger partial charge in [-0.1, -0.05) is 36.4 Å². The maximum atomic E-state index is 12.2. The molecule has 3 N–H and O–H groups in total. The zero-order valence-corrected chi connectivity index (χ0v) is 22.6. The predicted molar refractivity (Wildman–Crippen MR) is 146 cm³/mol. The van der Waals surface area contributed by atoms with Crippen LogP contribution in [-0.4, -0.2) is 65.9 Å². The molecule has 2 aliphatic heterocycles. The van der Waals surface area contributed by atoms with E-state index in [1.54, 1.807) is 7.11 Å². The van der Waals surface area contributed by atoms with E-state index in [2.05, 4.69) is 10.2 Å². The molecule has 0 radical (unpaired) electrons. The molecule has 2 aliphatic rings. The standard InChI is InChI=1S/C30H40N2O7/c1-37-20-25-5-4-16-32(25)18-26-17-27(22-10-8-21(19-33)9-11-22)39-30(38-26)23-12-14-24(15-13-23)31-28(34)6-2-3-7-29(35)36/h8-15,25-27,30,33H,2-7,16-20H2,1H3,(H,31,34)(H,35,36)/t25-,26-,27+,30+/m0/s1. The summed E-state index contributed by atoms with van der Waals surface area (Å²) in [5, 5.41) is 21.0. The molecule has 0 aliphatic carbocycles. The molecule has 212 valence electrons. The number of amides is 1. The van der Waals surface area contributed by atoms with Crippen LogP contribution in [0.3, 0.4) is 0 Å². The average Bonchev–Trinajstić information content (AvgIpc) is 3.38. The minimum absolute atomic E-state index is 0.00122. The van der Waals surface area contributed by atoms with Gasteiger partial charge < -0.3 is 29.7 Å². The van der Waals surface area contributed by atoms with Gasteiger partial charge in [0.25, 0.3) is 0 Å². The Labute approximate surface area is 230 Å². The predicted octanol–water partition coefficient (Wildman–Crippen LogP) is 4.42. The van der Waals surface area contributed by atoms with Crippen molar-refractivity contribution >= 4 is 17.6 Å². The van der Waals surface area contributed by atoms with Crippen molar-refractivity contribution in [3.63, 3.8) is 0 Å². The molecule has 2 fully saturated rings. The molecule has 0 spiro atoms. The van der Waals surface area contributed by atoms with Gasteiger partial charge in [0.15, 0.2) is 6.29 Å². The van der Waals surface area contributed by atoms with E-state index in [9.17, 15) is 14.7 Å². The van der Waals surface area contributed by atoms with Gasteiger partial charge in [0, 0.05) is 50.2 Å². The summed E-state index contributed by atoms with van der Waals surface area (Å²) in [5.74, 6) is -0.985. The van der Waals surface area contributed by atoms with Crippen LogP contribution in [0.15, 0.2) is 48.5 Å². The lowest BCUT2D eigenvalue weighted by Gasteiger charge is -2.38. The SMILES string of the molecule is COC[C@@H]1CCCN1C[C@@H]1C[C@H](c2ccc(CO)cc2)O[C@H](c2ccc(NC(=O)CCCCC(=O)O)cc2)O1. The van der Waals surface area contributed by atoms with E-state index in [1.165, 1.54) is 0 Å². The fourth-order valence-electron chi connectivity index (χ4n) is 5.32. The number of methoxy groups -OCH3 is 1. The molecular formula is C30H40N2O7. The number of hydrogen-bond acceptors (Lipinski definition) is 7. The second kappa shape index (κ2) is 14.5. The van der Waals surface area contributed by atoms with E-state index in [0.29, 0.717) is 31.2 Å². The number of rotatable bonds is 13. The van der Waals surface area contributed by atoms with Crippen LogP contribution in [0, 0.1) is 0 Å². The highest BCUT2D eigenvalue weighted by Crippen LogP contribution is 2.39. The Kier molecular flexibility index (Phi) is 10.9. The van der Waals surface area contributed by atoms with Gasteiger partial charge in [0.1, 0.15) is 0 Å². The fraction of sp³-hybridized carbons (Fsp3) is 0.533. The molecule has 2 aromatic rings. The smallest absolute Gasteiger partial charge is 0.303 e. The Morgan fingerprint density at radius 1 is 1.03 bits per heavy atom. The molecule has 4 rings (SSSR count). The molecule has 9 nitrogen and oxygen atoms in total. The molecule has 1 amide bonds. The van der Waals surface area contributed by atoms with Crippen molar-refractivity contribution in [1.82, 2.24) is 4.90 Å². The van der Waals surface area contributed by atoms with Crippen molar-refractivity contribution < 1.29 is 34.0 Å². The number of nitrogens with one attached hydrogen (secondary N) is 1. The van der Waals surface area contributed by atoms with Crippen LogP contribution in [0.2, 0.25) is 0 Å². The van der Waals surface area contributed by atoms with Crippen molar-refractivity contribution in [3.8, 4) is 0 Å². The second-order valence-corrected chi connectivity index (χ2v) is 10.4. The number of aliphatic hydroxyl groups is 1. The Morgan fingerprint density at radius 3 is 2.44 bits per heavy atom. The van der Waals surface area contributed by atoms with Crippen molar-refractivity contribution in [1.29, 1.82) is 0 Å². The summed E-state index contributed by atoms with van der Waals surface area (Å²) in [6.45, 7) is 2.54. The monoisotopic (exact) mass is 540 g/mol. The first-order valence-electron chi connectivity index (χ1n) is 13.8. The number of unbranched alkanes of at least 4 members (excludes halogenated alkanes) is 1. The highest BCUT2D eigenvalue weighted by molar-refractivity contribution is 5.90. The van der Waals surface area contributed by atoms with Gasteiger partial charge in [0.2, 0.25) is 5.91 Å². The molecule has 2 heterocycles. The van der Waals surface area contributed by atoms with Crippen molar-refractivity contribution in [2.75, 3.05) is 32.1 Å². The van der Waals surface area contributed by atoms with Crippen LogP contribution in [0.5, 0.6) is 0 Å². The quantitative estimate of drug-likeness (QED) is 0.320. The summed E-state index contributed by atoms with van der Waals surface area (Å²) in [6.07, 6.45) is 3.61. The molecular weight excluding hydrogens is 500 g/mol. The summed E-state index contributed by atoms with van der Waals surface area (Å²) < 4.78 is 18.4. The molecule has 2 aromatic carbocycles. The maximum Gasteiger partial charge on any atom is 0.303 e. The summed E-state index contributed by atoms with van der Waals surface area (Å²) in [6, 6.07) is 15.7. The molecule has 39 heavy (non-hydrogen) atoms. The lowest BCUT2D eigenvalue weighted by Crippen LogP contribution is -2.42. The number of hydrogen-bond donors (Lipinski definition) is 3. The zero-order valence-electron chi connectivity index (χ0n) is 22.6. The van der Waals surface area contributed by atoms with Gasteiger partial charge in [-0.05, 0) is 55.5 Å². The van der Waals surface area contributed by atoms with Crippen LogP contribution in [0.1, 0.15) is 74.0 Å². The zero-order chi connectivity index (χ0) is 27.6. The molecule has 0 saturated carbocycles. The first-order chi connectivity index (χ1) is 18.9. The first-order valence-corrected chi connectivity index (χ1v) is 13.8. The number of ether oxygens (including phenoxy) is 3. The minimum atomic E-state index is -0.847. The molecule has 4 atom stereocenters.